The minimum absolute atomic E-state index is 0.194. The molecule has 10 nitrogen and oxygen atoms in total. The predicted molar refractivity (Wildman–Crippen MR) is 231 cm³/mol. The van der Waals surface area contributed by atoms with Crippen molar-refractivity contribution >= 4 is 52.0 Å². The number of aromatic amines is 2. The lowest BCUT2D eigenvalue weighted by Gasteiger charge is -2.34. The van der Waals surface area contributed by atoms with Gasteiger partial charge in [0.05, 0.1) is 64.0 Å². The van der Waals surface area contributed by atoms with Crippen LogP contribution < -0.4 is 5.73 Å². The van der Waals surface area contributed by atoms with E-state index < -0.39 is 0 Å². The molecular weight excluding hydrogens is 739 g/mol. The van der Waals surface area contributed by atoms with Gasteiger partial charge in [-0.05, 0) is 138 Å². The molecule has 0 aliphatic heterocycles. The number of halogens is 2. The second-order valence-corrected chi connectivity index (χ2v) is 15.3. The van der Waals surface area contributed by atoms with Gasteiger partial charge < -0.3 is 20.7 Å². The maximum atomic E-state index is 5.72. The fourth-order valence-corrected chi connectivity index (χ4v) is 8.11. The van der Waals surface area contributed by atoms with Crippen molar-refractivity contribution in [1.29, 1.82) is 0 Å². The lowest BCUT2D eigenvalue weighted by atomic mass is 9.90. The first kappa shape index (κ1) is 41.4. The van der Waals surface area contributed by atoms with E-state index in [1.807, 2.05) is 36.7 Å². The van der Waals surface area contributed by atoms with Gasteiger partial charge in [0.1, 0.15) is 11.6 Å². The zero-order valence-electron chi connectivity index (χ0n) is 32.4. The van der Waals surface area contributed by atoms with Crippen LogP contribution in [0.2, 0.25) is 0 Å². The average Bonchev–Trinajstić information content (AvgIpc) is 3.85. The minimum atomic E-state index is 0.194. The summed E-state index contributed by atoms with van der Waals surface area (Å²) in [7, 11) is 0. The second-order valence-electron chi connectivity index (χ2n) is 14.5. The Labute approximate surface area is 341 Å². The van der Waals surface area contributed by atoms with Gasteiger partial charge in [0.25, 0.3) is 0 Å². The maximum absolute atomic E-state index is 5.72. The fraction of sp³-hybridized carbons (Fsp3) is 0.432. The van der Waals surface area contributed by atoms with E-state index in [0.29, 0.717) is 12.1 Å². The largest absolute Gasteiger partial charge is 0.341 e. The van der Waals surface area contributed by atoms with Crippen LogP contribution in [0.4, 0.5) is 0 Å². The first-order valence-electron chi connectivity index (χ1n) is 20.1. The van der Waals surface area contributed by atoms with Gasteiger partial charge in [-0.25, -0.2) is 9.97 Å². The summed E-state index contributed by atoms with van der Waals surface area (Å²) in [5.41, 5.74) is 15.3. The standard InChI is InChI=1S/C22H27N5.C21H27N5.CH2Cl2/c1-23-13-4-5-15-27(16-21-25-18-10-2-3-11-19(18)26-21)20-12-6-8-17-9-7-14-24-22(17)20;22-12-3-4-14-26(15-20-24-17-9-1-2-10-18(17)25-20)19-11-5-7-16-8-6-13-23-21(16)19;2-1-3/h2-3,7,9-11,14,20H,1,4-6,8,12-13,15-16H2,(H,25,26);1-2,6,8-10,13,19H,3-5,7,11-12,14-15,22H2,(H,24,25);1H2/t20-;19-;/m00./s1. The number of H-pyrrole nitrogens is 2. The Bertz CT molecular complexity index is 2010. The summed E-state index contributed by atoms with van der Waals surface area (Å²) in [6, 6.07) is 25.8. The molecule has 56 heavy (non-hydrogen) atoms. The van der Waals surface area contributed by atoms with Crippen LogP contribution >= 0.6 is 23.2 Å². The summed E-state index contributed by atoms with van der Waals surface area (Å²) in [6.45, 7) is 8.86. The van der Waals surface area contributed by atoms with E-state index in [9.17, 15) is 0 Å². The molecule has 0 saturated heterocycles. The van der Waals surface area contributed by atoms with Crippen molar-refractivity contribution < 1.29 is 0 Å². The van der Waals surface area contributed by atoms with E-state index in [-0.39, 0.29) is 5.34 Å². The average molecular weight is 796 g/mol. The molecule has 0 spiro atoms. The summed E-state index contributed by atoms with van der Waals surface area (Å²) in [5.74, 6) is 2.06. The van der Waals surface area contributed by atoms with Crippen molar-refractivity contribution in [3.05, 3.63) is 119 Å². The number of hydrogen-bond acceptors (Lipinski definition) is 8. The Morgan fingerprint density at radius 3 is 1.62 bits per heavy atom. The predicted octanol–water partition coefficient (Wildman–Crippen LogP) is 9.32. The molecule has 12 heteroatoms. The number of aliphatic imine (C=N–C) groups is 1. The van der Waals surface area contributed by atoms with Crippen LogP contribution in [-0.2, 0) is 25.9 Å². The maximum Gasteiger partial charge on any atom is 0.121 e. The van der Waals surface area contributed by atoms with E-state index in [4.69, 9.17) is 48.9 Å². The lowest BCUT2D eigenvalue weighted by Crippen LogP contribution is -2.33. The van der Waals surface area contributed by atoms with Crippen LogP contribution in [0.15, 0.2) is 90.2 Å². The Balaban J connectivity index is 0.000000178. The number of imidazole rings is 2. The lowest BCUT2D eigenvalue weighted by molar-refractivity contribution is 0.159. The van der Waals surface area contributed by atoms with E-state index in [1.165, 1.54) is 35.4 Å². The number of unbranched alkanes of at least 4 members (excludes halogenated alkanes) is 2. The fourth-order valence-electron chi connectivity index (χ4n) is 8.11. The van der Waals surface area contributed by atoms with Gasteiger partial charge in [-0.3, -0.25) is 19.8 Å². The number of fused-ring (bicyclic) bond motifs is 4. The van der Waals surface area contributed by atoms with Gasteiger partial charge in [0.2, 0.25) is 0 Å². The zero-order valence-corrected chi connectivity index (χ0v) is 33.9. The molecule has 0 bridgehead atoms. The number of aromatic nitrogens is 6. The normalized spacial score (nSPS) is 16.2. The third-order valence-electron chi connectivity index (χ3n) is 10.7. The molecule has 4 N–H and O–H groups in total. The van der Waals surface area contributed by atoms with Crippen molar-refractivity contribution in [1.82, 2.24) is 39.7 Å². The molecule has 4 heterocycles. The summed E-state index contributed by atoms with van der Waals surface area (Å²) in [6.07, 6.45) is 15.2. The van der Waals surface area contributed by atoms with Crippen molar-refractivity contribution in [3.8, 4) is 0 Å². The van der Waals surface area contributed by atoms with Gasteiger partial charge >= 0.3 is 0 Å². The second kappa shape index (κ2) is 21.9. The number of nitrogens with one attached hydrogen (secondary N) is 2. The smallest absolute Gasteiger partial charge is 0.121 e. The summed E-state index contributed by atoms with van der Waals surface area (Å²) < 4.78 is 0. The zero-order chi connectivity index (χ0) is 39.0. The minimum Gasteiger partial charge on any atom is -0.341 e. The number of nitrogens with zero attached hydrogens (tertiary/aromatic N) is 7. The third kappa shape index (κ3) is 11.2. The Morgan fingerprint density at radius 1 is 0.679 bits per heavy atom. The number of rotatable bonds is 15. The number of aryl methyl sites for hydroxylation is 2. The molecule has 6 aromatic rings. The molecule has 0 radical (unpaired) electrons. The van der Waals surface area contributed by atoms with Gasteiger partial charge in [-0.15, -0.1) is 23.2 Å². The van der Waals surface area contributed by atoms with Crippen molar-refractivity contribution in [2.75, 3.05) is 31.5 Å². The molecule has 0 amide bonds. The van der Waals surface area contributed by atoms with Crippen molar-refractivity contribution in [3.63, 3.8) is 0 Å². The van der Waals surface area contributed by atoms with E-state index in [1.54, 1.807) is 0 Å². The molecule has 0 fully saturated rings. The first-order valence-corrected chi connectivity index (χ1v) is 21.2. The number of hydrogen-bond donors (Lipinski definition) is 3. The van der Waals surface area contributed by atoms with Crippen LogP contribution in [0.1, 0.15) is 97.6 Å². The van der Waals surface area contributed by atoms with Crippen molar-refractivity contribution in [2.24, 2.45) is 10.7 Å². The first-order chi connectivity index (χ1) is 27.6. The summed E-state index contributed by atoms with van der Waals surface area (Å²) in [4.78, 5) is 35.1. The summed E-state index contributed by atoms with van der Waals surface area (Å²) in [5, 5.41) is 0.194. The Hall–Kier alpha value is -4.19. The molecular formula is C44H56Cl2N10. The van der Waals surface area contributed by atoms with Crippen LogP contribution in [0, 0.1) is 0 Å². The third-order valence-corrected chi connectivity index (χ3v) is 10.7. The highest BCUT2D eigenvalue weighted by Gasteiger charge is 2.29. The molecule has 8 rings (SSSR count). The van der Waals surface area contributed by atoms with E-state index in [0.717, 1.165) is 124 Å². The topological polar surface area (TPSA) is 128 Å². The molecule has 0 saturated carbocycles. The molecule has 2 atom stereocenters. The number of pyridine rings is 2. The molecule has 2 aliphatic carbocycles. The van der Waals surface area contributed by atoms with Gasteiger partial charge in [0, 0.05) is 18.9 Å². The highest BCUT2D eigenvalue weighted by atomic mass is 35.5. The number of para-hydroxylation sites is 4. The van der Waals surface area contributed by atoms with Crippen molar-refractivity contribution in [2.45, 2.75) is 89.4 Å². The van der Waals surface area contributed by atoms with E-state index >= 15 is 0 Å². The summed E-state index contributed by atoms with van der Waals surface area (Å²) >= 11 is 9.53. The van der Waals surface area contributed by atoms with Crippen LogP contribution in [0.3, 0.4) is 0 Å². The van der Waals surface area contributed by atoms with Gasteiger partial charge in [0.15, 0.2) is 0 Å². The van der Waals surface area contributed by atoms with Gasteiger partial charge in [-0.2, -0.15) is 0 Å². The monoisotopic (exact) mass is 794 g/mol. The molecule has 2 aliphatic rings. The van der Waals surface area contributed by atoms with Crippen LogP contribution in [0.5, 0.6) is 0 Å². The Morgan fingerprint density at radius 2 is 1.16 bits per heavy atom. The highest BCUT2D eigenvalue weighted by molar-refractivity contribution is 6.40. The molecule has 296 valence electrons. The highest BCUT2D eigenvalue weighted by Crippen LogP contribution is 2.35. The molecule has 4 aromatic heterocycles. The molecule has 0 unspecified atom stereocenters. The van der Waals surface area contributed by atoms with Crippen LogP contribution in [0.25, 0.3) is 22.1 Å². The molecule has 2 aromatic carbocycles. The van der Waals surface area contributed by atoms with Crippen LogP contribution in [-0.4, -0.2) is 77.9 Å². The number of benzene rings is 2. The quantitative estimate of drug-likeness (QED) is 0.0537. The Kier molecular flexibility index (Phi) is 16.2. The van der Waals surface area contributed by atoms with Gasteiger partial charge in [-0.1, -0.05) is 36.4 Å². The van der Waals surface area contributed by atoms with E-state index in [2.05, 4.69) is 80.0 Å². The number of alkyl halides is 2. The number of nitrogens with two attached hydrogens (primary N) is 1. The SMILES string of the molecule is C=NCCCCN(Cc1nc2ccccc2[nH]1)[C@H]1CCCc2cccnc21.ClCCl.NCCCCN(Cc1nc2ccccc2[nH]1)[C@H]1CCCc2cccnc21.